The van der Waals surface area contributed by atoms with E-state index in [2.05, 4.69) is 28.0 Å². The van der Waals surface area contributed by atoms with Crippen LogP contribution in [0.2, 0.25) is 0 Å². The van der Waals surface area contributed by atoms with Gasteiger partial charge in [-0.3, -0.25) is 9.48 Å². The predicted octanol–water partition coefficient (Wildman–Crippen LogP) is 2.43. The van der Waals surface area contributed by atoms with E-state index in [1.165, 1.54) is 0 Å². The van der Waals surface area contributed by atoms with Gasteiger partial charge < -0.3 is 4.74 Å². The van der Waals surface area contributed by atoms with Gasteiger partial charge in [-0.25, -0.2) is 0 Å². The lowest BCUT2D eigenvalue weighted by atomic mass is 9.75. The summed E-state index contributed by atoms with van der Waals surface area (Å²) in [5, 5.41) is 4.41. The summed E-state index contributed by atoms with van der Waals surface area (Å²) >= 11 is 3.54. The maximum Gasteiger partial charge on any atom is 0.170 e. The summed E-state index contributed by atoms with van der Waals surface area (Å²) in [6, 6.07) is 0. The van der Waals surface area contributed by atoms with Crippen LogP contribution in [0.5, 0.6) is 0 Å². The highest BCUT2D eigenvalue weighted by Gasteiger charge is 2.44. The molecule has 1 aliphatic carbocycles. The first kappa shape index (κ1) is 13.7. The lowest BCUT2D eigenvalue weighted by molar-refractivity contribution is -0.151. The van der Waals surface area contributed by atoms with Crippen molar-refractivity contribution in [1.29, 1.82) is 0 Å². The molecule has 0 amide bonds. The first-order valence-electron chi connectivity index (χ1n) is 6.32. The van der Waals surface area contributed by atoms with Crippen LogP contribution in [0.25, 0.3) is 0 Å². The zero-order chi connectivity index (χ0) is 13.3. The Kier molecular flexibility index (Phi) is 3.92. The number of carbonyl (C=O) groups excluding carboxylic acids is 1. The third-order valence-electron chi connectivity index (χ3n) is 3.89. The van der Waals surface area contributed by atoms with Gasteiger partial charge in [-0.15, -0.1) is 0 Å². The smallest absolute Gasteiger partial charge is 0.170 e. The molecule has 1 aliphatic rings. The maximum atomic E-state index is 12.4. The second-order valence-electron chi connectivity index (χ2n) is 4.84. The number of Topliss-reactive ketones (excluding diaryl/α,β-unsaturated/α-hetero) is 1. The van der Waals surface area contributed by atoms with Crippen molar-refractivity contribution >= 4 is 21.7 Å². The van der Waals surface area contributed by atoms with Crippen LogP contribution in [0.15, 0.2) is 4.47 Å². The lowest BCUT2D eigenvalue weighted by Gasteiger charge is -2.38. The fraction of sp³-hybridized carbons (Fsp3) is 0.692. The number of methoxy groups -OCH3 is 1. The Morgan fingerprint density at radius 3 is 2.61 bits per heavy atom. The van der Waals surface area contributed by atoms with E-state index < -0.39 is 5.60 Å². The summed E-state index contributed by atoms with van der Waals surface area (Å²) in [6.45, 7) is 2.06. The molecule has 0 spiro atoms. The molecule has 0 bridgehead atoms. The first-order valence-corrected chi connectivity index (χ1v) is 7.12. The highest BCUT2D eigenvalue weighted by molar-refractivity contribution is 9.10. The number of hydrogen-bond acceptors (Lipinski definition) is 3. The molecule has 18 heavy (non-hydrogen) atoms. The van der Waals surface area contributed by atoms with E-state index in [0.717, 1.165) is 41.5 Å². The van der Waals surface area contributed by atoms with Crippen LogP contribution in [-0.4, -0.2) is 28.3 Å². The number of halogens is 1. The number of nitrogens with zero attached hydrogens (tertiary/aromatic N) is 2. The number of carbonyl (C=O) groups is 1. The molecule has 0 saturated heterocycles. The molecule has 1 saturated carbocycles. The van der Waals surface area contributed by atoms with Crippen molar-refractivity contribution in [1.82, 2.24) is 9.78 Å². The van der Waals surface area contributed by atoms with Gasteiger partial charge in [0.05, 0.1) is 22.3 Å². The molecule has 1 aromatic heterocycles. The molecular weight excluding hydrogens is 296 g/mol. The molecule has 5 heteroatoms. The topological polar surface area (TPSA) is 44.1 Å². The Morgan fingerprint density at radius 2 is 2.22 bits per heavy atom. The van der Waals surface area contributed by atoms with E-state index in [1.54, 1.807) is 11.8 Å². The Labute approximate surface area is 116 Å². The zero-order valence-electron chi connectivity index (χ0n) is 11.1. The van der Waals surface area contributed by atoms with E-state index in [-0.39, 0.29) is 5.78 Å². The molecule has 4 nitrogen and oxygen atoms in total. The molecule has 2 rings (SSSR count). The second kappa shape index (κ2) is 5.13. The molecule has 100 valence electrons. The molecule has 0 unspecified atom stereocenters. The monoisotopic (exact) mass is 314 g/mol. The maximum absolute atomic E-state index is 12.4. The van der Waals surface area contributed by atoms with Crippen LogP contribution in [0.4, 0.5) is 0 Å². The van der Waals surface area contributed by atoms with Gasteiger partial charge >= 0.3 is 0 Å². The van der Waals surface area contributed by atoms with E-state index in [9.17, 15) is 4.79 Å². The van der Waals surface area contributed by atoms with Crippen LogP contribution < -0.4 is 0 Å². The number of aromatic nitrogens is 2. The average Bonchev–Trinajstić information content (AvgIpc) is 2.56. The van der Waals surface area contributed by atoms with Crippen molar-refractivity contribution in [3.63, 3.8) is 0 Å². The summed E-state index contributed by atoms with van der Waals surface area (Å²) in [5.74, 6) is 0.169. The molecule has 0 atom stereocenters. The van der Waals surface area contributed by atoms with Crippen molar-refractivity contribution in [3.05, 3.63) is 15.9 Å². The zero-order valence-corrected chi connectivity index (χ0v) is 12.7. The molecule has 0 N–H and O–H groups in total. The average molecular weight is 315 g/mol. The normalized spacial score (nSPS) is 17.6. The molecule has 1 heterocycles. The van der Waals surface area contributed by atoms with Gasteiger partial charge in [0.15, 0.2) is 5.78 Å². The largest absolute Gasteiger partial charge is 0.370 e. The van der Waals surface area contributed by atoms with Crippen molar-refractivity contribution in [3.8, 4) is 0 Å². The van der Waals surface area contributed by atoms with Gasteiger partial charge in [0.1, 0.15) is 5.60 Å². The molecule has 0 aromatic carbocycles. The summed E-state index contributed by atoms with van der Waals surface area (Å²) in [5.41, 5.74) is 1.41. The van der Waals surface area contributed by atoms with Gasteiger partial charge in [0, 0.05) is 14.2 Å². The van der Waals surface area contributed by atoms with Gasteiger partial charge in [-0.2, -0.15) is 5.10 Å². The number of ether oxygens (including phenoxy) is 1. The first-order chi connectivity index (χ1) is 8.54. The standard InChI is InChI=1S/C13H19BrN2O2/c1-4-9-12(14)10(16(2)15-9)8-11(17)13(18-3)6-5-7-13/h4-8H2,1-3H3. The van der Waals surface area contributed by atoms with E-state index in [4.69, 9.17) is 4.74 Å². The van der Waals surface area contributed by atoms with Crippen molar-refractivity contribution in [2.24, 2.45) is 7.05 Å². The van der Waals surface area contributed by atoms with E-state index >= 15 is 0 Å². The van der Waals surface area contributed by atoms with Crippen molar-refractivity contribution < 1.29 is 9.53 Å². The number of rotatable bonds is 5. The number of hydrogen-bond donors (Lipinski definition) is 0. The highest BCUT2D eigenvalue weighted by atomic mass is 79.9. The number of aryl methyl sites for hydroxylation is 2. The van der Waals surface area contributed by atoms with Crippen molar-refractivity contribution in [2.45, 2.75) is 44.6 Å². The summed E-state index contributed by atoms with van der Waals surface area (Å²) < 4.78 is 8.18. The minimum Gasteiger partial charge on any atom is -0.370 e. The van der Waals surface area contributed by atoms with Crippen LogP contribution >= 0.6 is 15.9 Å². The van der Waals surface area contributed by atoms with Crippen LogP contribution in [-0.2, 0) is 29.4 Å². The Morgan fingerprint density at radius 1 is 1.56 bits per heavy atom. The predicted molar refractivity (Wildman–Crippen MR) is 72.6 cm³/mol. The molecule has 1 fully saturated rings. The fourth-order valence-corrected chi connectivity index (χ4v) is 3.18. The summed E-state index contributed by atoms with van der Waals surface area (Å²) in [6.07, 6.45) is 4.01. The summed E-state index contributed by atoms with van der Waals surface area (Å²) in [7, 11) is 3.51. The minimum atomic E-state index is -0.532. The van der Waals surface area contributed by atoms with Crippen LogP contribution in [0.3, 0.4) is 0 Å². The number of ketones is 1. The Bertz CT molecular complexity index is 458. The van der Waals surface area contributed by atoms with Crippen LogP contribution in [0, 0.1) is 0 Å². The Hall–Kier alpha value is -0.680. The fourth-order valence-electron chi connectivity index (χ4n) is 2.42. The summed E-state index contributed by atoms with van der Waals surface area (Å²) in [4.78, 5) is 12.4. The quantitative estimate of drug-likeness (QED) is 0.838. The third-order valence-corrected chi connectivity index (χ3v) is 4.81. The van der Waals surface area contributed by atoms with Gasteiger partial charge in [0.25, 0.3) is 0 Å². The van der Waals surface area contributed by atoms with Gasteiger partial charge in [-0.1, -0.05) is 6.92 Å². The van der Waals surface area contributed by atoms with Gasteiger partial charge in [0.2, 0.25) is 0 Å². The van der Waals surface area contributed by atoms with Gasteiger partial charge in [-0.05, 0) is 41.6 Å². The lowest BCUT2D eigenvalue weighted by Crippen LogP contribution is -2.48. The van der Waals surface area contributed by atoms with E-state index in [1.807, 2.05) is 7.05 Å². The highest BCUT2D eigenvalue weighted by Crippen LogP contribution is 2.37. The molecule has 0 radical (unpaired) electrons. The van der Waals surface area contributed by atoms with Crippen molar-refractivity contribution in [2.75, 3.05) is 7.11 Å². The second-order valence-corrected chi connectivity index (χ2v) is 5.63. The third kappa shape index (κ3) is 2.14. The Balaban J connectivity index is 2.19. The molecule has 0 aliphatic heterocycles. The SMILES string of the molecule is CCc1nn(C)c(CC(=O)C2(OC)CCC2)c1Br. The molecule has 1 aromatic rings. The van der Waals surface area contributed by atoms with E-state index in [0.29, 0.717) is 6.42 Å². The molecular formula is C13H19BrN2O2. The minimum absolute atomic E-state index is 0.169. The van der Waals surface area contributed by atoms with Crippen LogP contribution in [0.1, 0.15) is 37.6 Å².